The van der Waals surface area contributed by atoms with Crippen LogP contribution in [0.4, 0.5) is 19.3 Å². The Balaban J connectivity index is 0.860. The van der Waals surface area contributed by atoms with E-state index in [-0.39, 0.29) is 60.7 Å². The smallest absolute Gasteiger partial charge is 0.404 e. The van der Waals surface area contributed by atoms with Gasteiger partial charge >= 0.3 is 6.09 Å². The highest BCUT2D eigenvalue weighted by Crippen LogP contribution is 2.51. The lowest BCUT2D eigenvalue weighted by molar-refractivity contribution is -0.130. The number of nitrogens with zero attached hydrogens (tertiary/aromatic N) is 5. The van der Waals surface area contributed by atoms with E-state index in [0.29, 0.717) is 45.0 Å². The summed E-state index contributed by atoms with van der Waals surface area (Å²) in [6.45, 7) is 12.2. The number of carboxylic acid groups (broad SMARTS) is 1. The van der Waals surface area contributed by atoms with Crippen LogP contribution in [0.3, 0.4) is 0 Å². The molecule has 1 saturated carbocycles. The van der Waals surface area contributed by atoms with E-state index in [1.807, 2.05) is 11.0 Å². The summed E-state index contributed by atoms with van der Waals surface area (Å²) in [7, 11) is -3.65. The second-order valence-electron chi connectivity index (χ2n) is 17.7. The minimum atomic E-state index is -3.65. The third kappa shape index (κ3) is 8.39. The number of benzene rings is 2. The van der Waals surface area contributed by atoms with Gasteiger partial charge in [0.15, 0.2) is 15.5 Å². The maximum Gasteiger partial charge on any atom is 0.404 e. The molecule has 58 heavy (non-hydrogen) atoms. The highest BCUT2D eigenvalue weighted by molar-refractivity contribution is 7.92. The van der Waals surface area contributed by atoms with E-state index in [1.165, 1.54) is 6.07 Å². The Labute approximate surface area is 341 Å². The molecule has 8 rings (SSSR count). The summed E-state index contributed by atoms with van der Waals surface area (Å²) in [6, 6.07) is 13.4. The number of ether oxygens (including phenoxy) is 1. The number of sulfone groups is 1. The molecule has 5 aliphatic heterocycles. The molecule has 5 heterocycles. The number of amides is 2. The highest BCUT2D eigenvalue weighted by Gasteiger charge is 2.54. The number of hydrogen-bond donors (Lipinski definition) is 2. The topological polar surface area (TPSA) is 126 Å². The lowest BCUT2D eigenvalue weighted by Gasteiger charge is -2.54. The monoisotopic (exact) mass is 824 g/mol. The van der Waals surface area contributed by atoms with Gasteiger partial charge in [0, 0.05) is 68.5 Å². The number of anilines is 1. The van der Waals surface area contributed by atoms with E-state index < -0.39 is 32.3 Å². The second kappa shape index (κ2) is 16.8. The summed E-state index contributed by atoms with van der Waals surface area (Å²) in [5.74, 6) is -0.286. The van der Waals surface area contributed by atoms with E-state index in [1.54, 1.807) is 41.3 Å². The van der Waals surface area contributed by atoms with Crippen LogP contribution in [0.1, 0.15) is 44.1 Å². The third-order valence-electron chi connectivity index (χ3n) is 14.0. The number of alkyl halides is 1. The van der Waals surface area contributed by atoms with Gasteiger partial charge in [0.2, 0.25) is 0 Å². The molecule has 5 saturated heterocycles. The summed E-state index contributed by atoms with van der Waals surface area (Å²) in [4.78, 5) is 35.3. The van der Waals surface area contributed by atoms with Crippen molar-refractivity contribution in [2.24, 2.45) is 11.8 Å². The Bertz CT molecular complexity index is 1920. The molecule has 0 aromatic heterocycles. The predicted molar refractivity (Wildman–Crippen MR) is 217 cm³/mol. The quantitative estimate of drug-likeness (QED) is 0.270. The Morgan fingerprint density at radius 3 is 2.26 bits per heavy atom. The first-order valence-electron chi connectivity index (χ1n) is 21.1. The lowest BCUT2D eigenvalue weighted by atomic mass is 9.57. The maximum atomic E-state index is 16.3. The molecule has 1 aliphatic carbocycles. The summed E-state index contributed by atoms with van der Waals surface area (Å²) in [5.41, 5.74) is 0.318. The van der Waals surface area contributed by atoms with Gasteiger partial charge in [-0.1, -0.05) is 25.1 Å². The zero-order chi connectivity index (χ0) is 40.7. The largest absolute Gasteiger partial charge is 0.465 e. The van der Waals surface area contributed by atoms with Crippen LogP contribution in [0.2, 0.25) is 0 Å². The van der Waals surface area contributed by atoms with Gasteiger partial charge < -0.3 is 29.9 Å². The number of carbonyl (C=O) groups excluding carboxylic acids is 1. The van der Waals surface area contributed by atoms with Crippen molar-refractivity contribution < 1.29 is 36.6 Å². The molecular formula is C43H58F2N6O6S. The van der Waals surface area contributed by atoms with E-state index in [9.17, 15) is 27.5 Å². The first-order chi connectivity index (χ1) is 27.8. The molecule has 6 fully saturated rings. The average molecular weight is 825 g/mol. The van der Waals surface area contributed by atoms with Gasteiger partial charge in [-0.2, -0.15) is 0 Å². The zero-order valence-electron chi connectivity index (χ0n) is 33.4. The molecule has 0 spiro atoms. The summed E-state index contributed by atoms with van der Waals surface area (Å²) >= 11 is 0. The first-order valence-corrected chi connectivity index (χ1v) is 22.6. The number of halogens is 2. The SMILES string of the molecule is C=C(CN1CCOCC1)C(=O)N1CC(S(=O)(=O)c2ccc(N3CC(F)(CN4CCC([C@@](CN5CCC5)(c5cccc(F)c5)[C@H]5CCC[C@@H]5NC(=O)O)CC4)C3)cc2)C1. The fourth-order valence-corrected chi connectivity index (χ4v) is 12.4. The van der Waals surface area contributed by atoms with Crippen LogP contribution in [-0.4, -0.2) is 160 Å². The lowest BCUT2D eigenvalue weighted by Crippen LogP contribution is -2.65. The first kappa shape index (κ1) is 41.1. The summed E-state index contributed by atoms with van der Waals surface area (Å²) in [5, 5.41) is 11.9. The van der Waals surface area contributed by atoms with Gasteiger partial charge in [-0.15, -0.1) is 0 Å². The number of piperidine rings is 1. The van der Waals surface area contributed by atoms with Crippen LogP contribution in [-0.2, 0) is 24.8 Å². The van der Waals surface area contributed by atoms with Crippen LogP contribution < -0.4 is 10.2 Å². The van der Waals surface area contributed by atoms with E-state index in [4.69, 9.17) is 4.74 Å². The predicted octanol–water partition coefficient (Wildman–Crippen LogP) is 4.02. The molecule has 316 valence electrons. The van der Waals surface area contributed by atoms with E-state index >= 15 is 4.39 Å². The van der Waals surface area contributed by atoms with Gasteiger partial charge in [-0.25, -0.2) is 22.0 Å². The molecule has 15 heteroatoms. The van der Waals surface area contributed by atoms with Crippen LogP contribution in [0.25, 0.3) is 0 Å². The van der Waals surface area contributed by atoms with Crippen LogP contribution in [0.5, 0.6) is 0 Å². The van der Waals surface area contributed by atoms with Gasteiger partial charge in [-0.05, 0) is 112 Å². The van der Waals surface area contributed by atoms with Crippen molar-refractivity contribution in [2.75, 3.05) is 103 Å². The number of morpholine rings is 1. The molecule has 6 aliphatic rings. The fourth-order valence-electron chi connectivity index (χ4n) is 10.8. The number of hydrogen-bond acceptors (Lipinski definition) is 9. The molecule has 2 N–H and O–H groups in total. The van der Waals surface area contributed by atoms with Crippen LogP contribution >= 0.6 is 0 Å². The zero-order valence-corrected chi connectivity index (χ0v) is 34.2. The molecule has 2 aromatic carbocycles. The van der Waals surface area contributed by atoms with Crippen molar-refractivity contribution >= 4 is 27.5 Å². The van der Waals surface area contributed by atoms with E-state index in [0.717, 1.165) is 82.5 Å². The third-order valence-corrected chi connectivity index (χ3v) is 16.1. The minimum absolute atomic E-state index is 0.0282. The van der Waals surface area contributed by atoms with Crippen molar-refractivity contribution in [2.45, 2.75) is 65.8 Å². The van der Waals surface area contributed by atoms with Crippen LogP contribution in [0, 0.1) is 17.7 Å². The Morgan fingerprint density at radius 1 is 0.914 bits per heavy atom. The normalized spacial score (nSPS) is 26.0. The number of nitrogens with one attached hydrogen (secondary N) is 1. The van der Waals surface area contributed by atoms with Crippen molar-refractivity contribution in [3.05, 3.63) is 72.1 Å². The van der Waals surface area contributed by atoms with Crippen LogP contribution in [0.15, 0.2) is 65.6 Å². The van der Waals surface area contributed by atoms with Gasteiger partial charge in [0.25, 0.3) is 5.91 Å². The Hall–Kier alpha value is -3.63. The molecule has 0 bridgehead atoms. The Morgan fingerprint density at radius 2 is 1.62 bits per heavy atom. The average Bonchev–Trinajstić information content (AvgIpc) is 3.61. The second-order valence-corrected chi connectivity index (χ2v) is 19.9. The van der Waals surface area contributed by atoms with Gasteiger partial charge in [0.05, 0.1) is 31.2 Å². The van der Waals surface area contributed by atoms with E-state index in [2.05, 4.69) is 26.6 Å². The van der Waals surface area contributed by atoms with Crippen molar-refractivity contribution in [1.29, 1.82) is 0 Å². The molecule has 3 atom stereocenters. The molecule has 12 nitrogen and oxygen atoms in total. The minimum Gasteiger partial charge on any atom is -0.465 e. The highest BCUT2D eigenvalue weighted by atomic mass is 32.2. The van der Waals surface area contributed by atoms with Crippen molar-refractivity contribution in [3.8, 4) is 0 Å². The maximum absolute atomic E-state index is 16.3. The molecule has 2 amide bonds. The number of likely N-dealkylation sites (tertiary alicyclic amines) is 3. The molecular weight excluding hydrogens is 767 g/mol. The van der Waals surface area contributed by atoms with Crippen molar-refractivity contribution in [3.63, 3.8) is 0 Å². The molecule has 0 unspecified atom stereocenters. The number of carbonyl (C=O) groups is 2. The molecule has 0 radical (unpaired) electrons. The fraction of sp³-hybridized carbons (Fsp3) is 0.628. The summed E-state index contributed by atoms with van der Waals surface area (Å²) in [6.07, 6.45) is 4.27. The molecule has 2 aromatic rings. The number of rotatable bonds is 14. The Kier molecular flexibility index (Phi) is 11.9. The summed E-state index contributed by atoms with van der Waals surface area (Å²) < 4.78 is 63.5. The van der Waals surface area contributed by atoms with Gasteiger partial charge in [-0.3, -0.25) is 14.6 Å². The van der Waals surface area contributed by atoms with Crippen molar-refractivity contribution in [1.82, 2.24) is 24.9 Å². The van der Waals surface area contributed by atoms with Gasteiger partial charge in [0.1, 0.15) is 11.1 Å². The standard InChI is InChI=1S/C43H58F2N6O6S/c1-31(24-47-19-21-57-22-20-47)40(52)50-25-37(26-50)58(55,56)36-11-9-35(10-12-36)51-28-42(45,29-51)27-49-17-13-32(14-18-49)43(30-48-15-4-16-48,33-5-2-6-34(44)23-33)38-7-3-8-39(38)46-41(53)54/h2,5-6,9-12,23,32,37-39,46H,1,3-4,7-8,13-22,24-30H2,(H,53,54)/t38-,39-,43-/m0/s1.